The van der Waals surface area contributed by atoms with E-state index in [4.69, 9.17) is 5.11 Å². The topological polar surface area (TPSA) is 40.5 Å². The molecule has 3 heteroatoms. The number of aliphatic hydroxyl groups is 1. The van der Waals surface area contributed by atoms with Crippen molar-refractivity contribution in [3.63, 3.8) is 0 Å². The summed E-state index contributed by atoms with van der Waals surface area (Å²) in [5.74, 6) is -0.0373. The van der Waals surface area contributed by atoms with Gasteiger partial charge in [-0.25, -0.2) is 0 Å². The molecule has 15 heavy (non-hydrogen) atoms. The Morgan fingerprint density at radius 3 is 2.07 bits per heavy atom. The Labute approximate surface area is 93.5 Å². The van der Waals surface area contributed by atoms with Crippen LogP contribution in [0.1, 0.15) is 34.6 Å². The summed E-state index contributed by atoms with van der Waals surface area (Å²) in [6.07, 6.45) is 0. The minimum Gasteiger partial charge on any atom is -0.396 e. The second-order valence-corrected chi connectivity index (χ2v) is 5.79. The van der Waals surface area contributed by atoms with Crippen LogP contribution in [0, 0.1) is 17.3 Å². The van der Waals surface area contributed by atoms with Gasteiger partial charge < -0.3 is 10.0 Å². The molecule has 0 spiro atoms. The minimum absolute atomic E-state index is 0.0439. The third-order valence-corrected chi connectivity index (χ3v) is 2.41. The van der Waals surface area contributed by atoms with E-state index in [2.05, 4.69) is 20.8 Å². The summed E-state index contributed by atoms with van der Waals surface area (Å²) in [4.78, 5) is 13.7. The molecule has 0 aromatic rings. The molecule has 0 fully saturated rings. The predicted molar refractivity (Wildman–Crippen MR) is 62.5 cm³/mol. The van der Waals surface area contributed by atoms with Gasteiger partial charge in [-0.3, -0.25) is 4.79 Å². The van der Waals surface area contributed by atoms with E-state index in [0.717, 1.165) is 6.54 Å². The fraction of sp³-hybridized carbons (Fsp3) is 0.917. The number of hydrogen-bond donors (Lipinski definition) is 1. The molecule has 0 rings (SSSR count). The number of aliphatic hydroxyl groups excluding tert-OH is 1. The lowest BCUT2D eigenvalue weighted by molar-refractivity contribution is -0.138. The first kappa shape index (κ1) is 14.4. The molecule has 3 nitrogen and oxygen atoms in total. The molecular formula is C12H25NO2. The lowest BCUT2D eigenvalue weighted by Gasteiger charge is -2.30. The van der Waals surface area contributed by atoms with Crippen LogP contribution in [0.15, 0.2) is 0 Å². The van der Waals surface area contributed by atoms with Gasteiger partial charge in [0.25, 0.3) is 0 Å². The number of hydrogen-bond acceptors (Lipinski definition) is 2. The second kappa shape index (κ2) is 5.50. The van der Waals surface area contributed by atoms with Crippen molar-refractivity contribution >= 4 is 5.91 Å². The normalized spacial score (nSPS) is 14.1. The van der Waals surface area contributed by atoms with Crippen molar-refractivity contribution < 1.29 is 9.90 Å². The van der Waals surface area contributed by atoms with E-state index in [1.807, 2.05) is 13.8 Å². The van der Waals surface area contributed by atoms with E-state index >= 15 is 0 Å². The van der Waals surface area contributed by atoms with Gasteiger partial charge in [0.1, 0.15) is 0 Å². The van der Waals surface area contributed by atoms with Crippen LogP contribution in [0.4, 0.5) is 0 Å². The van der Waals surface area contributed by atoms with Gasteiger partial charge in [0.15, 0.2) is 0 Å². The summed E-state index contributed by atoms with van der Waals surface area (Å²) in [5, 5.41) is 9.17. The van der Waals surface area contributed by atoms with Gasteiger partial charge >= 0.3 is 0 Å². The van der Waals surface area contributed by atoms with Crippen LogP contribution in [0.25, 0.3) is 0 Å². The molecule has 0 aromatic heterocycles. The van der Waals surface area contributed by atoms with Gasteiger partial charge in [0.05, 0.1) is 12.5 Å². The van der Waals surface area contributed by atoms with Crippen molar-refractivity contribution in [2.24, 2.45) is 17.3 Å². The largest absolute Gasteiger partial charge is 0.396 e. The van der Waals surface area contributed by atoms with Crippen LogP contribution < -0.4 is 0 Å². The van der Waals surface area contributed by atoms with E-state index in [1.165, 1.54) is 0 Å². The number of carbonyl (C=O) groups is 1. The average Bonchev–Trinajstić information content (AvgIpc) is 2.01. The van der Waals surface area contributed by atoms with E-state index < -0.39 is 0 Å². The monoisotopic (exact) mass is 215 g/mol. The third-order valence-electron chi connectivity index (χ3n) is 2.41. The molecule has 1 atom stereocenters. The van der Waals surface area contributed by atoms with Gasteiger partial charge in [-0.2, -0.15) is 0 Å². The zero-order valence-electron chi connectivity index (χ0n) is 10.9. The van der Waals surface area contributed by atoms with Crippen molar-refractivity contribution in [3.8, 4) is 0 Å². The molecule has 0 saturated heterocycles. The summed E-state index contributed by atoms with van der Waals surface area (Å²) >= 11 is 0. The first-order valence-electron chi connectivity index (χ1n) is 5.55. The molecule has 0 radical (unpaired) electrons. The Bertz CT molecular complexity index is 206. The highest BCUT2D eigenvalue weighted by Gasteiger charge is 2.26. The Kier molecular flexibility index (Phi) is 5.29. The highest BCUT2D eigenvalue weighted by atomic mass is 16.3. The lowest BCUT2D eigenvalue weighted by Crippen LogP contribution is -2.41. The molecule has 0 aliphatic rings. The summed E-state index contributed by atoms with van der Waals surface area (Å²) in [6.45, 7) is 10.9. The minimum atomic E-state index is -0.266. The number of carbonyl (C=O) groups excluding carboxylic acids is 1. The molecule has 0 saturated carbocycles. The average molecular weight is 215 g/mol. The van der Waals surface area contributed by atoms with Gasteiger partial charge in [-0.05, 0) is 11.3 Å². The Balaban J connectivity index is 4.42. The van der Waals surface area contributed by atoms with Crippen molar-refractivity contribution in [2.45, 2.75) is 34.6 Å². The van der Waals surface area contributed by atoms with Crippen LogP contribution in [0.5, 0.6) is 0 Å². The zero-order chi connectivity index (χ0) is 12.2. The third kappa shape index (κ3) is 5.17. The first-order chi connectivity index (χ1) is 6.69. The molecule has 90 valence electrons. The van der Waals surface area contributed by atoms with Crippen LogP contribution in [0.3, 0.4) is 0 Å². The summed E-state index contributed by atoms with van der Waals surface area (Å²) in [5.41, 5.74) is 0.0986. The van der Waals surface area contributed by atoms with Crippen molar-refractivity contribution in [3.05, 3.63) is 0 Å². The molecule has 0 aliphatic carbocycles. The molecule has 0 aliphatic heterocycles. The van der Waals surface area contributed by atoms with E-state index in [-0.39, 0.29) is 29.8 Å². The standard InChI is InChI=1S/C12H25NO2/c1-9(2)10(7-14)11(15)13(6)8-12(3,4)5/h9-10,14H,7-8H2,1-6H3. The molecule has 1 amide bonds. The molecule has 0 heterocycles. The molecule has 1 unspecified atom stereocenters. The number of rotatable bonds is 4. The first-order valence-corrected chi connectivity index (χ1v) is 5.55. The van der Waals surface area contributed by atoms with Crippen LogP contribution in [0.2, 0.25) is 0 Å². The van der Waals surface area contributed by atoms with Crippen LogP contribution in [-0.4, -0.2) is 36.1 Å². The summed E-state index contributed by atoms with van der Waals surface area (Å²) in [6, 6.07) is 0. The maximum atomic E-state index is 12.0. The molecule has 0 aromatic carbocycles. The van der Waals surface area contributed by atoms with Crippen molar-refractivity contribution in [1.29, 1.82) is 0 Å². The second-order valence-electron chi connectivity index (χ2n) is 5.79. The van der Waals surface area contributed by atoms with Crippen LogP contribution in [-0.2, 0) is 4.79 Å². The SMILES string of the molecule is CC(C)C(CO)C(=O)N(C)CC(C)(C)C. The quantitative estimate of drug-likeness (QED) is 0.776. The number of amides is 1. The molecule has 0 bridgehead atoms. The fourth-order valence-corrected chi connectivity index (χ4v) is 1.65. The Morgan fingerprint density at radius 2 is 1.80 bits per heavy atom. The zero-order valence-corrected chi connectivity index (χ0v) is 10.9. The highest BCUT2D eigenvalue weighted by Crippen LogP contribution is 2.18. The van der Waals surface area contributed by atoms with E-state index in [1.54, 1.807) is 11.9 Å². The lowest BCUT2D eigenvalue weighted by atomic mass is 9.92. The highest BCUT2D eigenvalue weighted by molar-refractivity contribution is 5.79. The van der Waals surface area contributed by atoms with Gasteiger partial charge in [-0.15, -0.1) is 0 Å². The summed E-state index contributed by atoms with van der Waals surface area (Å²) in [7, 11) is 1.80. The van der Waals surface area contributed by atoms with Gasteiger partial charge in [0, 0.05) is 13.6 Å². The predicted octanol–water partition coefficient (Wildman–Crippen LogP) is 1.76. The molecule has 1 N–H and O–H groups in total. The molecular weight excluding hydrogens is 190 g/mol. The van der Waals surface area contributed by atoms with Crippen molar-refractivity contribution in [2.75, 3.05) is 20.2 Å². The van der Waals surface area contributed by atoms with Gasteiger partial charge in [-0.1, -0.05) is 34.6 Å². The Hall–Kier alpha value is -0.570. The smallest absolute Gasteiger partial charge is 0.228 e. The Morgan fingerprint density at radius 1 is 1.33 bits per heavy atom. The van der Waals surface area contributed by atoms with Crippen LogP contribution >= 0.6 is 0 Å². The maximum absolute atomic E-state index is 12.0. The summed E-state index contributed by atoms with van der Waals surface area (Å²) < 4.78 is 0. The van der Waals surface area contributed by atoms with E-state index in [0.29, 0.717) is 0 Å². The van der Waals surface area contributed by atoms with E-state index in [9.17, 15) is 4.79 Å². The van der Waals surface area contributed by atoms with Crippen molar-refractivity contribution in [1.82, 2.24) is 4.90 Å². The van der Waals surface area contributed by atoms with Gasteiger partial charge in [0.2, 0.25) is 5.91 Å². The fourth-order valence-electron chi connectivity index (χ4n) is 1.65. The number of nitrogens with zero attached hydrogens (tertiary/aromatic N) is 1. The maximum Gasteiger partial charge on any atom is 0.228 e.